The molecule has 1 saturated heterocycles. The second kappa shape index (κ2) is 5.05. The maximum absolute atomic E-state index is 9.09. The molecule has 3 heteroatoms. The Bertz CT molecular complexity index is 392. The van der Waals surface area contributed by atoms with E-state index in [0.717, 1.165) is 36.3 Å². The van der Waals surface area contributed by atoms with Gasteiger partial charge in [0.2, 0.25) is 0 Å². The van der Waals surface area contributed by atoms with Gasteiger partial charge in [-0.25, -0.2) is 4.98 Å². The fourth-order valence-corrected chi connectivity index (χ4v) is 2.50. The molecule has 1 aromatic heterocycles. The van der Waals surface area contributed by atoms with Gasteiger partial charge in [-0.15, -0.1) is 0 Å². The predicted octanol–water partition coefficient (Wildman–Crippen LogP) is 2.36. The third kappa shape index (κ3) is 2.60. The molecule has 2 heterocycles. The van der Waals surface area contributed by atoms with Gasteiger partial charge in [-0.05, 0) is 42.4 Å². The Morgan fingerprint density at radius 1 is 1.41 bits per heavy atom. The molecule has 0 spiro atoms. The number of aliphatic hydroxyl groups excluding tert-OH is 1. The molecule has 1 aliphatic rings. The number of aliphatic hydroxyl groups is 1. The molecule has 2 unspecified atom stereocenters. The molecule has 1 aromatic rings. The highest BCUT2D eigenvalue weighted by Crippen LogP contribution is 2.27. The van der Waals surface area contributed by atoms with Crippen LogP contribution in [0.4, 0.5) is 5.82 Å². The Morgan fingerprint density at radius 2 is 2.18 bits per heavy atom. The molecule has 94 valence electrons. The van der Waals surface area contributed by atoms with Crippen molar-refractivity contribution in [1.82, 2.24) is 4.98 Å². The average molecular weight is 234 g/mol. The summed E-state index contributed by atoms with van der Waals surface area (Å²) in [5, 5.41) is 9.09. The Morgan fingerprint density at radius 3 is 2.76 bits per heavy atom. The van der Waals surface area contributed by atoms with Gasteiger partial charge in [-0.3, -0.25) is 0 Å². The number of rotatable bonds is 2. The van der Waals surface area contributed by atoms with E-state index in [1.165, 1.54) is 12.0 Å². The summed E-state index contributed by atoms with van der Waals surface area (Å²) in [4.78, 5) is 6.87. The molecule has 1 aliphatic heterocycles. The van der Waals surface area contributed by atoms with Crippen molar-refractivity contribution in [2.75, 3.05) is 18.0 Å². The Kier molecular flexibility index (Phi) is 3.67. The van der Waals surface area contributed by atoms with Crippen molar-refractivity contribution < 1.29 is 5.11 Å². The van der Waals surface area contributed by atoms with Gasteiger partial charge in [-0.2, -0.15) is 0 Å². The zero-order valence-electron chi connectivity index (χ0n) is 11.0. The maximum atomic E-state index is 9.09. The number of pyridine rings is 1. The molecule has 0 bridgehead atoms. The van der Waals surface area contributed by atoms with Crippen molar-refractivity contribution in [3.8, 4) is 0 Å². The molecule has 3 nitrogen and oxygen atoms in total. The monoisotopic (exact) mass is 234 g/mol. The van der Waals surface area contributed by atoms with E-state index in [9.17, 15) is 0 Å². The molecule has 2 rings (SSSR count). The molecule has 2 atom stereocenters. The molecular weight excluding hydrogens is 212 g/mol. The lowest BCUT2D eigenvalue weighted by Crippen LogP contribution is -2.39. The van der Waals surface area contributed by atoms with E-state index in [0.29, 0.717) is 0 Å². The van der Waals surface area contributed by atoms with Gasteiger partial charge in [-0.1, -0.05) is 13.8 Å². The molecule has 0 amide bonds. The van der Waals surface area contributed by atoms with Gasteiger partial charge in [0.05, 0.1) is 6.61 Å². The summed E-state index contributed by atoms with van der Waals surface area (Å²) in [7, 11) is 0. The van der Waals surface area contributed by atoms with Gasteiger partial charge in [0, 0.05) is 19.3 Å². The van der Waals surface area contributed by atoms with Gasteiger partial charge >= 0.3 is 0 Å². The van der Waals surface area contributed by atoms with E-state index in [1.807, 2.05) is 6.07 Å². The molecule has 1 fully saturated rings. The Labute approximate surface area is 103 Å². The van der Waals surface area contributed by atoms with Crippen molar-refractivity contribution in [3.63, 3.8) is 0 Å². The second-order valence-electron chi connectivity index (χ2n) is 5.33. The van der Waals surface area contributed by atoms with Gasteiger partial charge < -0.3 is 10.0 Å². The van der Waals surface area contributed by atoms with Crippen molar-refractivity contribution >= 4 is 5.82 Å². The second-order valence-corrected chi connectivity index (χ2v) is 5.33. The number of nitrogens with zero attached hydrogens (tertiary/aromatic N) is 2. The van der Waals surface area contributed by atoms with Crippen LogP contribution in [0.15, 0.2) is 12.3 Å². The van der Waals surface area contributed by atoms with Gasteiger partial charge in [0.25, 0.3) is 0 Å². The zero-order chi connectivity index (χ0) is 12.4. The van der Waals surface area contributed by atoms with E-state index in [2.05, 4.69) is 30.7 Å². The van der Waals surface area contributed by atoms with Gasteiger partial charge in [0.1, 0.15) is 5.82 Å². The molecule has 0 aliphatic carbocycles. The van der Waals surface area contributed by atoms with Crippen LogP contribution in [0, 0.1) is 18.8 Å². The highest BCUT2D eigenvalue weighted by atomic mass is 16.3. The minimum atomic E-state index is 0.0710. The van der Waals surface area contributed by atoms with Crippen LogP contribution >= 0.6 is 0 Å². The van der Waals surface area contributed by atoms with Crippen LogP contribution in [-0.2, 0) is 6.61 Å². The first-order valence-electron chi connectivity index (χ1n) is 6.43. The Hall–Kier alpha value is -1.09. The first kappa shape index (κ1) is 12.4. The van der Waals surface area contributed by atoms with E-state index >= 15 is 0 Å². The molecule has 0 saturated carbocycles. The van der Waals surface area contributed by atoms with Gasteiger partial charge in [0.15, 0.2) is 0 Å². The molecule has 17 heavy (non-hydrogen) atoms. The van der Waals surface area contributed by atoms with E-state index in [-0.39, 0.29) is 6.61 Å². The summed E-state index contributed by atoms with van der Waals surface area (Å²) in [6, 6.07) is 2.03. The predicted molar refractivity (Wildman–Crippen MR) is 70.1 cm³/mol. The summed E-state index contributed by atoms with van der Waals surface area (Å²) in [5.41, 5.74) is 2.06. The fourth-order valence-electron chi connectivity index (χ4n) is 2.50. The third-order valence-corrected chi connectivity index (χ3v) is 3.92. The fraction of sp³-hybridized carbons (Fsp3) is 0.643. The highest BCUT2D eigenvalue weighted by molar-refractivity contribution is 5.47. The van der Waals surface area contributed by atoms with Crippen LogP contribution in [-0.4, -0.2) is 23.2 Å². The van der Waals surface area contributed by atoms with Crippen molar-refractivity contribution in [3.05, 3.63) is 23.4 Å². The number of piperidine rings is 1. The lowest BCUT2D eigenvalue weighted by molar-refractivity contribution is 0.281. The van der Waals surface area contributed by atoms with Crippen LogP contribution in [0.1, 0.15) is 31.4 Å². The first-order chi connectivity index (χ1) is 8.11. The van der Waals surface area contributed by atoms with E-state index < -0.39 is 0 Å². The van der Waals surface area contributed by atoms with Crippen LogP contribution < -0.4 is 4.90 Å². The van der Waals surface area contributed by atoms with E-state index in [4.69, 9.17) is 5.11 Å². The van der Waals surface area contributed by atoms with Crippen molar-refractivity contribution in [2.24, 2.45) is 11.8 Å². The standard InChI is InChI=1S/C14H22N2O/c1-10-4-5-16(8-12(10)3)14-11(2)6-13(9-17)7-15-14/h6-7,10,12,17H,4-5,8-9H2,1-3H3. The summed E-state index contributed by atoms with van der Waals surface area (Å²) in [6.45, 7) is 8.97. The van der Waals surface area contributed by atoms with Crippen molar-refractivity contribution in [1.29, 1.82) is 0 Å². The van der Waals surface area contributed by atoms with Crippen LogP contribution in [0.25, 0.3) is 0 Å². The maximum Gasteiger partial charge on any atom is 0.131 e. The Balaban J connectivity index is 2.17. The number of anilines is 1. The van der Waals surface area contributed by atoms with E-state index in [1.54, 1.807) is 6.20 Å². The molecule has 1 N–H and O–H groups in total. The normalized spacial score (nSPS) is 25.1. The number of hydrogen-bond acceptors (Lipinski definition) is 3. The molecular formula is C14H22N2O. The first-order valence-corrected chi connectivity index (χ1v) is 6.43. The average Bonchev–Trinajstić information content (AvgIpc) is 2.32. The summed E-state index contributed by atoms with van der Waals surface area (Å²) in [5.74, 6) is 2.62. The highest BCUT2D eigenvalue weighted by Gasteiger charge is 2.24. The van der Waals surface area contributed by atoms with Crippen LogP contribution in [0.2, 0.25) is 0 Å². The lowest BCUT2D eigenvalue weighted by atomic mass is 9.88. The lowest BCUT2D eigenvalue weighted by Gasteiger charge is -2.36. The van der Waals surface area contributed by atoms with Crippen molar-refractivity contribution in [2.45, 2.75) is 33.8 Å². The quantitative estimate of drug-likeness (QED) is 0.853. The SMILES string of the molecule is Cc1cc(CO)cnc1N1CCC(C)C(C)C1. The van der Waals surface area contributed by atoms with Crippen LogP contribution in [0.3, 0.4) is 0 Å². The number of hydrogen-bond donors (Lipinski definition) is 1. The smallest absolute Gasteiger partial charge is 0.131 e. The topological polar surface area (TPSA) is 36.4 Å². The summed E-state index contributed by atoms with van der Waals surface area (Å²) >= 11 is 0. The summed E-state index contributed by atoms with van der Waals surface area (Å²) < 4.78 is 0. The minimum absolute atomic E-state index is 0.0710. The number of aromatic nitrogens is 1. The molecule has 0 aromatic carbocycles. The third-order valence-electron chi connectivity index (χ3n) is 3.92. The van der Waals surface area contributed by atoms with Crippen LogP contribution in [0.5, 0.6) is 0 Å². The summed E-state index contributed by atoms with van der Waals surface area (Å²) in [6.07, 6.45) is 3.02. The largest absolute Gasteiger partial charge is 0.392 e. The number of aryl methyl sites for hydroxylation is 1. The minimum Gasteiger partial charge on any atom is -0.392 e. The zero-order valence-corrected chi connectivity index (χ0v) is 11.0. The molecule has 0 radical (unpaired) electrons.